The third kappa shape index (κ3) is 3.67. The number of anilines is 1. The maximum Gasteiger partial charge on any atom is 0.296 e. The van der Waals surface area contributed by atoms with E-state index in [9.17, 15) is 8.42 Å². The van der Waals surface area contributed by atoms with E-state index in [1.165, 1.54) is 23.1 Å². The van der Waals surface area contributed by atoms with Gasteiger partial charge in [-0.2, -0.15) is 8.42 Å². The maximum atomic E-state index is 11.2. The second kappa shape index (κ2) is 5.97. The zero-order valence-electron chi connectivity index (χ0n) is 9.15. The zero-order chi connectivity index (χ0) is 12.9. The lowest BCUT2D eigenvalue weighted by atomic mass is 10.3. The molecule has 0 fully saturated rings. The number of benzene rings is 1. The van der Waals surface area contributed by atoms with Crippen LogP contribution in [0, 0.1) is 0 Å². The largest absolute Gasteiger partial charge is 0.395 e. The average Bonchev–Trinajstić information content (AvgIpc) is 2.28. The third-order valence-electron chi connectivity index (χ3n) is 2.22. The van der Waals surface area contributed by atoms with E-state index in [1.54, 1.807) is 6.07 Å². The molecule has 0 amide bonds. The van der Waals surface area contributed by atoms with Gasteiger partial charge in [0.1, 0.15) is 4.90 Å². The van der Waals surface area contributed by atoms with E-state index < -0.39 is 10.1 Å². The average molecular weight is 261 g/mol. The molecule has 0 aliphatic rings. The topological polar surface area (TPSA) is 98.1 Å². The lowest BCUT2D eigenvalue weighted by molar-refractivity contribution is 0.280. The molecule has 0 saturated heterocycles. The van der Waals surface area contributed by atoms with Crippen molar-refractivity contribution in [3.05, 3.63) is 24.3 Å². The van der Waals surface area contributed by atoms with E-state index in [0.29, 0.717) is 0 Å². The van der Waals surface area contributed by atoms with Gasteiger partial charge in [0.25, 0.3) is 10.1 Å². The Balaban J connectivity index is 3.18. The number of aliphatic hydroxyl groups excluding tert-OH is 2. The Morgan fingerprint density at radius 3 is 2.06 bits per heavy atom. The number of para-hydroxylation sites is 1. The predicted molar refractivity (Wildman–Crippen MR) is 62.6 cm³/mol. The molecule has 7 heteroatoms. The molecule has 0 saturated carbocycles. The summed E-state index contributed by atoms with van der Waals surface area (Å²) in [5, 5.41) is 17.8. The molecule has 0 atom stereocenters. The SMILES string of the molecule is O=S(=O)(O)c1ccccc1N(CCO)CCO. The summed E-state index contributed by atoms with van der Waals surface area (Å²) >= 11 is 0. The summed E-state index contributed by atoms with van der Waals surface area (Å²) in [7, 11) is -4.32. The van der Waals surface area contributed by atoms with Crippen molar-refractivity contribution in [2.75, 3.05) is 31.2 Å². The molecule has 0 spiro atoms. The molecule has 0 aliphatic carbocycles. The number of rotatable bonds is 6. The molecule has 1 aromatic carbocycles. The van der Waals surface area contributed by atoms with E-state index in [-0.39, 0.29) is 36.9 Å². The first-order valence-electron chi connectivity index (χ1n) is 5.04. The Labute approximate surface area is 99.9 Å². The minimum absolute atomic E-state index is 0.174. The van der Waals surface area contributed by atoms with Crippen LogP contribution >= 0.6 is 0 Å². The minimum Gasteiger partial charge on any atom is -0.395 e. The van der Waals surface area contributed by atoms with Gasteiger partial charge in [-0.15, -0.1) is 0 Å². The van der Waals surface area contributed by atoms with Gasteiger partial charge in [-0.25, -0.2) is 0 Å². The van der Waals surface area contributed by atoms with E-state index in [4.69, 9.17) is 14.8 Å². The fourth-order valence-electron chi connectivity index (χ4n) is 1.53. The highest BCUT2D eigenvalue weighted by Gasteiger charge is 2.18. The van der Waals surface area contributed by atoms with Gasteiger partial charge in [0.15, 0.2) is 0 Å². The number of nitrogens with zero attached hydrogens (tertiary/aromatic N) is 1. The van der Waals surface area contributed by atoms with Crippen LogP contribution in [-0.4, -0.2) is 49.5 Å². The molecule has 0 unspecified atom stereocenters. The second-order valence-electron chi connectivity index (χ2n) is 3.38. The molecule has 0 radical (unpaired) electrons. The zero-order valence-corrected chi connectivity index (χ0v) is 9.97. The summed E-state index contributed by atoms with van der Waals surface area (Å²) in [6.45, 7) is -0.0141. The Morgan fingerprint density at radius 2 is 1.59 bits per heavy atom. The molecule has 17 heavy (non-hydrogen) atoms. The van der Waals surface area contributed by atoms with Gasteiger partial charge in [0, 0.05) is 13.1 Å². The quantitative estimate of drug-likeness (QED) is 0.609. The fourth-order valence-corrected chi connectivity index (χ4v) is 2.24. The highest BCUT2D eigenvalue weighted by Crippen LogP contribution is 2.24. The molecule has 96 valence electrons. The number of hydrogen-bond donors (Lipinski definition) is 3. The molecule has 1 aromatic rings. The molecular weight excluding hydrogens is 246 g/mol. The second-order valence-corrected chi connectivity index (χ2v) is 4.77. The monoisotopic (exact) mass is 261 g/mol. The lowest BCUT2D eigenvalue weighted by Crippen LogP contribution is -2.30. The van der Waals surface area contributed by atoms with Gasteiger partial charge < -0.3 is 15.1 Å². The van der Waals surface area contributed by atoms with E-state index in [1.807, 2.05) is 0 Å². The van der Waals surface area contributed by atoms with Crippen molar-refractivity contribution in [2.24, 2.45) is 0 Å². The third-order valence-corrected chi connectivity index (χ3v) is 3.12. The van der Waals surface area contributed by atoms with Crippen LogP contribution in [0.25, 0.3) is 0 Å². The normalized spacial score (nSPS) is 11.5. The van der Waals surface area contributed by atoms with Crippen molar-refractivity contribution < 1.29 is 23.2 Å². The lowest BCUT2D eigenvalue weighted by Gasteiger charge is -2.24. The van der Waals surface area contributed by atoms with Gasteiger partial charge in [-0.05, 0) is 12.1 Å². The fraction of sp³-hybridized carbons (Fsp3) is 0.400. The summed E-state index contributed by atoms with van der Waals surface area (Å²) in [6.07, 6.45) is 0. The first-order valence-corrected chi connectivity index (χ1v) is 6.48. The summed E-state index contributed by atoms with van der Waals surface area (Å²) in [6, 6.07) is 5.88. The van der Waals surface area contributed by atoms with Crippen molar-refractivity contribution in [3.8, 4) is 0 Å². The van der Waals surface area contributed by atoms with Crippen LogP contribution in [0.1, 0.15) is 0 Å². The summed E-state index contributed by atoms with van der Waals surface area (Å²) in [5.74, 6) is 0. The maximum absolute atomic E-state index is 11.2. The van der Waals surface area contributed by atoms with E-state index in [2.05, 4.69) is 0 Å². The van der Waals surface area contributed by atoms with Crippen LogP contribution in [-0.2, 0) is 10.1 Å². The van der Waals surface area contributed by atoms with Crippen LogP contribution in [0.5, 0.6) is 0 Å². The van der Waals surface area contributed by atoms with Gasteiger partial charge in [-0.3, -0.25) is 4.55 Å². The van der Waals surface area contributed by atoms with Gasteiger partial charge in [-0.1, -0.05) is 12.1 Å². The molecule has 0 heterocycles. The molecule has 0 bridgehead atoms. The molecule has 1 rings (SSSR count). The summed E-state index contributed by atoms with van der Waals surface area (Å²) in [4.78, 5) is 1.25. The van der Waals surface area contributed by atoms with E-state index in [0.717, 1.165) is 0 Å². The molecular formula is C10H15NO5S. The Bertz CT molecular complexity index is 454. The number of hydrogen-bond acceptors (Lipinski definition) is 5. The molecule has 0 aromatic heterocycles. The van der Waals surface area contributed by atoms with E-state index >= 15 is 0 Å². The highest BCUT2D eigenvalue weighted by atomic mass is 32.2. The van der Waals surface area contributed by atoms with Crippen LogP contribution in [0.4, 0.5) is 5.69 Å². The van der Waals surface area contributed by atoms with Gasteiger partial charge >= 0.3 is 0 Å². The predicted octanol–water partition coefficient (Wildman–Crippen LogP) is -0.276. The standard InChI is InChI=1S/C10H15NO5S/c12-7-5-11(6-8-13)9-3-1-2-4-10(9)17(14,15)16/h1-4,12-13H,5-8H2,(H,14,15,16). The van der Waals surface area contributed by atoms with Crippen molar-refractivity contribution in [1.82, 2.24) is 0 Å². The highest BCUT2D eigenvalue weighted by molar-refractivity contribution is 7.86. The number of aliphatic hydroxyl groups is 2. The Morgan fingerprint density at radius 1 is 1.06 bits per heavy atom. The van der Waals surface area contributed by atoms with Crippen LogP contribution < -0.4 is 4.90 Å². The van der Waals surface area contributed by atoms with Crippen LogP contribution in [0.2, 0.25) is 0 Å². The van der Waals surface area contributed by atoms with Gasteiger partial charge in [0.05, 0.1) is 18.9 Å². The Hall–Kier alpha value is -1.15. The molecule has 6 nitrogen and oxygen atoms in total. The van der Waals surface area contributed by atoms with Crippen LogP contribution in [0.3, 0.4) is 0 Å². The molecule has 3 N–H and O–H groups in total. The van der Waals surface area contributed by atoms with Crippen molar-refractivity contribution >= 4 is 15.8 Å². The van der Waals surface area contributed by atoms with Crippen LogP contribution in [0.15, 0.2) is 29.2 Å². The first kappa shape index (κ1) is 13.9. The summed E-state index contributed by atoms with van der Waals surface area (Å²) < 4.78 is 31.4. The smallest absolute Gasteiger partial charge is 0.296 e. The van der Waals surface area contributed by atoms with Crippen molar-refractivity contribution in [2.45, 2.75) is 4.90 Å². The van der Waals surface area contributed by atoms with Crippen molar-refractivity contribution in [3.63, 3.8) is 0 Å². The summed E-state index contributed by atoms with van der Waals surface area (Å²) in [5.41, 5.74) is 0.262. The van der Waals surface area contributed by atoms with Gasteiger partial charge in [0.2, 0.25) is 0 Å². The first-order chi connectivity index (χ1) is 8.00. The molecule has 0 aliphatic heterocycles. The minimum atomic E-state index is -4.32. The van der Waals surface area contributed by atoms with Crippen molar-refractivity contribution in [1.29, 1.82) is 0 Å². The Kier molecular flexibility index (Phi) is 4.88.